The molecule has 1 aromatic carbocycles. The lowest BCUT2D eigenvalue weighted by atomic mass is 9.99. The zero-order valence-electron chi connectivity index (χ0n) is 12.0. The molecule has 5 nitrogen and oxygen atoms in total. The zero-order valence-corrected chi connectivity index (χ0v) is 12.0. The van der Waals surface area contributed by atoms with Crippen LogP contribution < -0.4 is 11.1 Å². The van der Waals surface area contributed by atoms with E-state index in [1.807, 2.05) is 18.2 Å². The van der Waals surface area contributed by atoms with Gasteiger partial charge in [-0.2, -0.15) is 0 Å². The first-order valence-corrected chi connectivity index (χ1v) is 7.15. The first-order chi connectivity index (χ1) is 9.69. The van der Waals surface area contributed by atoms with Gasteiger partial charge >= 0.3 is 0 Å². The number of nitrogens with one attached hydrogen (secondary N) is 1. The molecule has 1 heterocycles. The molecular formula is C15H24N4O. The molecule has 0 aliphatic carbocycles. The summed E-state index contributed by atoms with van der Waals surface area (Å²) in [5, 5.41) is 15.6. The number of nitrogens with zero attached hydrogens (tertiary/aromatic N) is 2. The Bertz CT molecular complexity index is 427. The fourth-order valence-electron chi connectivity index (χ4n) is 2.67. The molecule has 1 atom stereocenters. The number of piperidine rings is 1. The van der Waals surface area contributed by atoms with Crippen LogP contribution in [0.1, 0.15) is 30.9 Å². The van der Waals surface area contributed by atoms with Crippen molar-refractivity contribution in [3.8, 4) is 0 Å². The Morgan fingerprint density at radius 1 is 1.40 bits per heavy atom. The Morgan fingerprint density at radius 2 is 2.05 bits per heavy atom. The molecule has 20 heavy (non-hydrogen) atoms. The Labute approximate surface area is 120 Å². The lowest BCUT2D eigenvalue weighted by Crippen LogP contribution is -2.43. The molecule has 1 aromatic rings. The maximum absolute atomic E-state index is 8.80. The van der Waals surface area contributed by atoms with Crippen molar-refractivity contribution in [1.82, 2.24) is 10.2 Å². The van der Waals surface area contributed by atoms with Crippen LogP contribution >= 0.6 is 0 Å². The van der Waals surface area contributed by atoms with Gasteiger partial charge in [-0.05, 0) is 38.5 Å². The summed E-state index contributed by atoms with van der Waals surface area (Å²) >= 11 is 0. The minimum Gasteiger partial charge on any atom is -0.409 e. The Hall–Kier alpha value is -1.59. The van der Waals surface area contributed by atoms with E-state index in [2.05, 4.69) is 34.6 Å². The van der Waals surface area contributed by atoms with Gasteiger partial charge in [0.2, 0.25) is 0 Å². The molecule has 1 unspecified atom stereocenters. The molecule has 0 saturated carbocycles. The van der Waals surface area contributed by atoms with Crippen LogP contribution in [0.5, 0.6) is 0 Å². The highest BCUT2D eigenvalue weighted by Gasteiger charge is 2.21. The number of hydrogen-bond acceptors (Lipinski definition) is 4. The second-order valence-electron chi connectivity index (χ2n) is 5.50. The highest BCUT2D eigenvalue weighted by Crippen LogP contribution is 2.20. The summed E-state index contributed by atoms with van der Waals surface area (Å²) in [5.74, 6) is 0.263. The van der Waals surface area contributed by atoms with E-state index in [1.54, 1.807) is 0 Å². The number of nitrogens with two attached hydrogens (primary N) is 1. The van der Waals surface area contributed by atoms with Gasteiger partial charge in [-0.3, -0.25) is 0 Å². The molecule has 1 aliphatic rings. The second kappa shape index (κ2) is 7.26. The van der Waals surface area contributed by atoms with Crippen LogP contribution in [0.3, 0.4) is 0 Å². The minimum atomic E-state index is 0.0977. The predicted molar refractivity (Wildman–Crippen MR) is 80.9 cm³/mol. The van der Waals surface area contributed by atoms with Gasteiger partial charge in [0.25, 0.3) is 0 Å². The smallest absolute Gasteiger partial charge is 0.141 e. The van der Waals surface area contributed by atoms with Crippen molar-refractivity contribution in [3.63, 3.8) is 0 Å². The summed E-state index contributed by atoms with van der Waals surface area (Å²) in [5.41, 5.74) is 6.87. The van der Waals surface area contributed by atoms with Gasteiger partial charge in [0, 0.05) is 18.5 Å². The second-order valence-corrected chi connectivity index (χ2v) is 5.50. The van der Waals surface area contributed by atoms with Gasteiger partial charge in [-0.15, -0.1) is 0 Å². The van der Waals surface area contributed by atoms with E-state index in [9.17, 15) is 0 Å². The summed E-state index contributed by atoms with van der Waals surface area (Å²) < 4.78 is 0. The van der Waals surface area contributed by atoms with Crippen LogP contribution in [0.2, 0.25) is 0 Å². The molecule has 0 radical (unpaired) electrons. The van der Waals surface area contributed by atoms with E-state index in [-0.39, 0.29) is 11.9 Å². The first kappa shape index (κ1) is 14.8. The van der Waals surface area contributed by atoms with Gasteiger partial charge < -0.3 is 21.2 Å². The standard InChI is InChI=1S/C15H24N4O/c1-19-9-7-13(8-10-19)17-14(11-15(16)18-20)12-5-3-2-4-6-12/h2-6,13-14,17,20H,7-11H2,1H3,(H2,16,18). The first-order valence-electron chi connectivity index (χ1n) is 7.15. The van der Waals surface area contributed by atoms with E-state index in [0.29, 0.717) is 12.5 Å². The van der Waals surface area contributed by atoms with Crippen molar-refractivity contribution in [2.45, 2.75) is 31.3 Å². The van der Waals surface area contributed by atoms with Crippen LogP contribution in [-0.2, 0) is 0 Å². The highest BCUT2D eigenvalue weighted by atomic mass is 16.4. The Balaban J connectivity index is 2.03. The monoisotopic (exact) mass is 276 g/mol. The highest BCUT2D eigenvalue weighted by molar-refractivity contribution is 5.80. The molecule has 0 amide bonds. The molecule has 110 valence electrons. The summed E-state index contributed by atoms with van der Waals surface area (Å²) in [7, 11) is 2.15. The minimum absolute atomic E-state index is 0.0977. The zero-order chi connectivity index (χ0) is 14.4. The van der Waals surface area contributed by atoms with Crippen LogP contribution in [0.25, 0.3) is 0 Å². The molecule has 1 aliphatic heterocycles. The topological polar surface area (TPSA) is 73.9 Å². The van der Waals surface area contributed by atoms with E-state index in [1.165, 1.54) is 5.56 Å². The van der Waals surface area contributed by atoms with E-state index >= 15 is 0 Å². The van der Waals surface area contributed by atoms with Crippen LogP contribution in [0.15, 0.2) is 35.5 Å². The number of oxime groups is 1. The lowest BCUT2D eigenvalue weighted by Gasteiger charge is -2.32. The fraction of sp³-hybridized carbons (Fsp3) is 0.533. The Kier molecular flexibility index (Phi) is 5.38. The Morgan fingerprint density at radius 3 is 2.65 bits per heavy atom. The molecule has 5 heteroatoms. The molecule has 1 fully saturated rings. The van der Waals surface area contributed by atoms with Gasteiger partial charge in [-0.1, -0.05) is 35.5 Å². The van der Waals surface area contributed by atoms with Crippen LogP contribution in [0, 0.1) is 0 Å². The van der Waals surface area contributed by atoms with Gasteiger partial charge in [0.1, 0.15) is 5.84 Å². The van der Waals surface area contributed by atoms with Crippen molar-refractivity contribution in [2.75, 3.05) is 20.1 Å². The van der Waals surface area contributed by atoms with Crippen molar-refractivity contribution < 1.29 is 5.21 Å². The molecule has 4 N–H and O–H groups in total. The van der Waals surface area contributed by atoms with Crippen LogP contribution in [-0.4, -0.2) is 42.1 Å². The van der Waals surface area contributed by atoms with E-state index in [0.717, 1.165) is 25.9 Å². The fourth-order valence-corrected chi connectivity index (χ4v) is 2.67. The van der Waals surface area contributed by atoms with Gasteiger partial charge in [0.05, 0.1) is 0 Å². The number of benzene rings is 1. The average molecular weight is 276 g/mol. The SMILES string of the molecule is CN1CCC(NC(CC(N)=NO)c2ccccc2)CC1. The van der Waals surface area contributed by atoms with Crippen molar-refractivity contribution in [3.05, 3.63) is 35.9 Å². The molecular weight excluding hydrogens is 252 g/mol. The van der Waals surface area contributed by atoms with Gasteiger partial charge in [-0.25, -0.2) is 0 Å². The van der Waals surface area contributed by atoms with Crippen molar-refractivity contribution in [2.24, 2.45) is 10.9 Å². The van der Waals surface area contributed by atoms with Crippen molar-refractivity contribution in [1.29, 1.82) is 0 Å². The summed E-state index contributed by atoms with van der Waals surface area (Å²) in [6.45, 7) is 2.23. The van der Waals surface area contributed by atoms with Crippen molar-refractivity contribution >= 4 is 5.84 Å². The summed E-state index contributed by atoms with van der Waals surface area (Å²) in [4.78, 5) is 2.35. The molecule has 0 spiro atoms. The lowest BCUT2D eigenvalue weighted by molar-refractivity contribution is 0.224. The van der Waals surface area contributed by atoms with E-state index in [4.69, 9.17) is 10.9 Å². The molecule has 1 saturated heterocycles. The number of rotatable bonds is 5. The number of hydrogen-bond donors (Lipinski definition) is 3. The molecule has 0 aromatic heterocycles. The predicted octanol–water partition coefficient (Wildman–Crippen LogP) is 1.55. The normalized spacial score (nSPS) is 19.9. The van der Waals surface area contributed by atoms with E-state index < -0.39 is 0 Å². The largest absolute Gasteiger partial charge is 0.409 e. The summed E-state index contributed by atoms with van der Waals surface area (Å²) in [6.07, 6.45) is 2.79. The maximum atomic E-state index is 8.80. The number of likely N-dealkylation sites (tertiary alicyclic amines) is 1. The third-order valence-corrected chi connectivity index (χ3v) is 3.90. The van der Waals surface area contributed by atoms with Crippen LogP contribution in [0.4, 0.5) is 0 Å². The third kappa shape index (κ3) is 4.21. The average Bonchev–Trinajstić information content (AvgIpc) is 2.49. The summed E-state index contributed by atoms with van der Waals surface area (Å²) in [6, 6.07) is 10.8. The number of amidine groups is 1. The molecule has 0 bridgehead atoms. The maximum Gasteiger partial charge on any atom is 0.141 e. The quantitative estimate of drug-likeness (QED) is 0.330. The molecule has 2 rings (SSSR count). The third-order valence-electron chi connectivity index (χ3n) is 3.90. The van der Waals surface area contributed by atoms with Gasteiger partial charge in [0.15, 0.2) is 0 Å².